The molecule has 0 spiro atoms. The fraction of sp³-hybridized carbons (Fsp3) is 0.0526. The van der Waals surface area contributed by atoms with E-state index in [2.05, 4.69) is 9.98 Å². The van der Waals surface area contributed by atoms with Crippen LogP contribution in [0.3, 0.4) is 0 Å². The van der Waals surface area contributed by atoms with Crippen molar-refractivity contribution in [3.05, 3.63) is 64.5 Å². The standard InChI is InChI=1S/C19H15N3O2S/c20-19-22-18(23)17(25-19)8-13-10-21-16-7-6-14(9-15(13)16)24-11-12-4-2-1-3-5-12/h1-10,23H,11H2,(H2,20,22)/b13-8+. The second-order valence-electron chi connectivity index (χ2n) is 5.55. The molecule has 3 N–H and O–H groups in total. The first-order valence-corrected chi connectivity index (χ1v) is 8.53. The summed E-state index contributed by atoms with van der Waals surface area (Å²) in [7, 11) is 0. The summed E-state index contributed by atoms with van der Waals surface area (Å²) in [5, 5.41) is 10.1. The van der Waals surface area contributed by atoms with Gasteiger partial charge in [0.05, 0.1) is 10.6 Å². The van der Waals surface area contributed by atoms with Crippen molar-refractivity contribution < 1.29 is 9.84 Å². The van der Waals surface area contributed by atoms with Gasteiger partial charge in [-0.05, 0) is 29.8 Å². The molecule has 25 heavy (non-hydrogen) atoms. The van der Waals surface area contributed by atoms with Gasteiger partial charge in [-0.2, -0.15) is 4.98 Å². The number of aromatic nitrogens is 1. The minimum absolute atomic E-state index is 0.0617. The fourth-order valence-electron chi connectivity index (χ4n) is 2.59. The lowest BCUT2D eigenvalue weighted by Crippen LogP contribution is -1.95. The molecule has 0 fully saturated rings. The van der Waals surface area contributed by atoms with Crippen molar-refractivity contribution >= 4 is 40.0 Å². The summed E-state index contributed by atoms with van der Waals surface area (Å²) in [5.74, 6) is 0.709. The number of aliphatic imine (C=N–C) groups is 1. The molecule has 2 aromatic carbocycles. The second-order valence-corrected chi connectivity index (χ2v) is 6.61. The summed E-state index contributed by atoms with van der Waals surface area (Å²) < 4.78 is 5.88. The molecule has 4 rings (SSSR count). The summed E-state index contributed by atoms with van der Waals surface area (Å²) in [5.41, 5.74) is 9.46. The van der Waals surface area contributed by atoms with E-state index in [4.69, 9.17) is 10.5 Å². The predicted molar refractivity (Wildman–Crippen MR) is 101 cm³/mol. The molecule has 0 bridgehead atoms. The lowest BCUT2D eigenvalue weighted by Gasteiger charge is -2.08. The highest BCUT2D eigenvalue weighted by Gasteiger charge is 2.15. The van der Waals surface area contributed by atoms with E-state index in [0.29, 0.717) is 16.6 Å². The van der Waals surface area contributed by atoms with Gasteiger partial charge >= 0.3 is 0 Å². The molecular weight excluding hydrogens is 334 g/mol. The third kappa shape index (κ3) is 3.25. The van der Waals surface area contributed by atoms with E-state index in [0.717, 1.165) is 28.1 Å². The summed E-state index contributed by atoms with van der Waals surface area (Å²) in [4.78, 5) is 8.84. The lowest BCUT2D eigenvalue weighted by atomic mass is 10.1. The van der Waals surface area contributed by atoms with Crippen molar-refractivity contribution in [2.24, 2.45) is 4.99 Å². The number of allylic oxidation sites excluding steroid dienone is 1. The number of ether oxygens (including phenoxy) is 1. The number of benzene rings is 2. The quantitative estimate of drug-likeness (QED) is 0.737. The van der Waals surface area contributed by atoms with Gasteiger partial charge in [-0.15, -0.1) is 0 Å². The number of thiazole rings is 1. The van der Waals surface area contributed by atoms with Gasteiger partial charge in [0, 0.05) is 17.4 Å². The van der Waals surface area contributed by atoms with Crippen molar-refractivity contribution in [2.75, 3.05) is 5.73 Å². The van der Waals surface area contributed by atoms with Crippen LogP contribution in [0, 0.1) is 0 Å². The lowest BCUT2D eigenvalue weighted by molar-refractivity contribution is 0.306. The van der Waals surface area contributed by atoms with E-state index in [1.165, 1.54) is 11.3 Å². The Balaban J connectivity index is 1.59. The number of nitrogen functional groups attached to an aromatic ring is 1. The van der Waals surface area contributed by atoms with Gasteiger partial charge in [0.1, 0.15) is 12.4 Å². The Morgan fingerprint density at radius 1 is 1.16 bits per heavy atom. The summed E-state index contributed by atoms with van der Waals surface area (Å²) in [6.07, 6.45) is 3.60. The zero-order valence-corrected chi connectivity index (χ0v) is 14.0. The van der Waals surface area contributed by atoms with Gasteiger partial charge in [0.2, 0.25) is 5.88 Å². The molecular formula is C19H15N3O2S. The van der Waals surface area contributed by atoms with Crippen LogP contribution in [-0.2, 0) is 6.61 Å². The van der Waals surface area contributed by atoms with Crippen molar-refractivity contribution in [2.45, 2.75) is 6.61 Å². The summed E-state index contributed by atoms with van der Waals surface area (Å²) in [6, 6.07) is 15.8. The number of nitrogens with zero attached hydrogens (tertiary/aromatic N) is 2. The SMILES string of the molecule is Nc1nc(O)c(/C=C2\C=Nc3ccc(OCc4ccccc4)cc32)s1. The Morgan fingerprint density at radius 3 is 2.76 bits per heavy atom. The Labute approximate surface area is 148 Å². The first kappa shape index (κ1) is 15.4. The van der Waals surface area contributed by atoms with E-state index in [9.17, 15) is 5.11 Å². The van der Waals surface area contributed by atoms with Crippen molar-refractivity contribution in [3.63, 3.8) is 0 Å². The summed E-state index contributed by atoms with van der Waals surface area (Å²) in [6.45, 7) is 0.506. The molecule has 3 aromatic rings. The van der Waals surface area contributed by atoms with Crippen LogP contribution in [0.15, 0.2) is 53.5 Å². The average Bonchev–Trinajstić information content (AvgIpc) is 3.17. The van der Waals surface area contributed by atoms with Gasteiger partial charge < -0.3 is 15.6 Å². The van der Waals surface area contributed by atoms with E-state index in [-0.39, 0.29) is 5.88 Å². The van der Waals surface area contributed by atoms with E-state index >= 15 is 0 Å². The van der Waals surface area contributed by atoms with Crippen LogP contribution < -0.4 is 10.5 Å². The highest BCUT2D eigenvalue weighted by Crippen LogP contribution is 2.37. The third-order valence-corrected chi connectivity index (χ3v) is 4.63. The largest absolute Gasteiger partial charge is 0.492 e. The highest BCUT2D eigenvalue weighted by molar-refractivity contribution is 7.16. The normalized spacial score (nSPS) is 14.0. The van der Waals surface area contributed by atoms with Crippen LogP contribution >= 0.6 is 11.3 Å². The molecule has 0 saturated carbocycles. The highest BCUT2D eigenvalue weighted by atomic mass is 32.1. The monoisotopic (exact) mass is 349 g/mol. The first-order chi connectivity index (χ1) is 12.2. The number of nitrogens with two attached hydrogens (primary N) is 1. The number of rotatable bonds is 4. The molecule has 0 unspecified atom stereocenters. The predicted octanol–water partition coefficient (Wildman–Crippen LogP) is 4.27. The maximum Gasteiger partial charge on any atom is 0.231 e. The number of hydrogen-bond donors (Lipinski definition) is 2. The third-order valence-electron chi connectivity index (χ3n) is 3.81. The molecule has 0 radical (unpaired) electrons. The topological polar surface area (TPSA) is 80.7 Å². The average molecular weight is 349 g/mol. The number of anilines is 1. The summed E-state index contributed by atoms with van der Waals surface area (Å²) >= 11 is 1.23. The smallest absolute Gasteiger partial charge is 0.231 e. The van der Waals surface area contributed by atoms with Crippen molar-refractivity contribution in [1.29, 1.82) is 0 Å². The van der Waals surface area contributed by atoms with E-state index in [1.54, 1.807) is 6.21 Å². The minimum atomic E-state index is -0.0617. The van der Waals surface area contributed by atoms with Crippen LogP contribution in [0.5, 0.6) is 11.6 Å². The maximum atomic E-state index is 9.81. The van der Waals surface area contributed by atoms with Gasteiger partial charge in [-0.25, -0.2) is 0 Å². The zero-order valence-electron chi connectivity index (χ0n) is 13.2. The van der Waals surface area contributed by atoms with Gasteiger partial charge in [0.15, 0.2) is 5.13 Å². The molecule has 0 aliphatic carbocycles. The molecule has 5 nitrogen and oxygen atoms in total. The van der Waals surface area contributed by atoms with Gasteiger partial charge in [-0.1, -0.05) is 41.7 Å². The van der Waals surface area contributed by atoms with Gasteiger partial charge in [-0.3, -0.25) is 4.99 Å². The van der Waals surface area contributed by atoms with Crippen LogP contribution in [-0.4, -0.2) is 16.3 Å². The molecule has 1 aliphatic heterocycles. The van der Waals surface area contributed by atoms with Crippen LogP contribution in [0.2, 0.25) is 0 Å². The number of hydrogen-bond acceptors (Lipinski definition) is 6. The zero-order chi connectivity index (χ0) is 17.2. The molecule has 2 heterocycles. The van der Waals surface area contributed by atoms with Gasteiger partial charge in [0.25, 0.3) is 0 Å². The van der Waals surface area contributed by atoms with E-state index < -0.39 is 0 Å². The minimum Gasteiger partial charge on any atom is -0.492 e. The maximum absolute atomic E-state index is 9.81. The Morgan fingerprint density at radius 2 is 2.00 bits per heavy atom. The van der Waals surface area contributed by atoms with Crippen LogP contribution in [0.4, 0.5) is 10.8 Å². The Kier molecular flexibility index (Phi) is 3.95. The Hall–Kier alpha value is -3.12. The second kappa shape index (κ2) is 6.41. The van der Waals surface area contributed by atoms with Crippen molar-refractivity contribution in [1.82, 2.24) is 4.98 Å². The Bertz CT molecular complexity index is 978. The molecule has 0 amide bonds. The fourth-order valence-corrected chi connectivity index (χ4v) is 3.27. The molecule has 0 atom stereocenters. The van der Waals surface area contributed by atoms with Crippen LogP contribution in [0.25, 0.3) is 11.6 Å². The molecule has 1 aliphatic rings. The first-order valence-electron chi connectivity index (χ1n) is 7.71. The number of aromatic hydroxyl groups is 1. The number of fused-ring (bicyclic) bond motifs is 1. The molecule has 124 valence electrons. The van der Waals surface area contributed by atoms with Crippen molar-refractivity contribution in [3.8, 4) is 11.6 Å². The molecule has 0 saturated heterocycles. The molecule has 1 aromatic heterocycles. The van der Waals surface area contributed by atoms with E-state index in [1.807, 2.05) is 54.6 Å². The molecule has 6 heteroatoms. The van der Waals surface area contributed by atoms with Crippen LogP contribution in [0.1, 0.15) is 16.0 Å².